The molecule has 0 bridgehead atoms. The molecule has 2 heterocycles. The van der Waals surface area contributed by atoms with Gasteiger partial charge in [-0.2, -0.15) is 0 Å². The Bertz CT molecular complexity index is 1160. The van der Waals surface area contributed by atoms with Crippen LogP contribution >= 0.6 is 0 Å². The summed E-state index contributed by atoms with van der Waals surface area (Å²) in [7, 11) is 0. The Balaban J connectivity index is 1.95. The molecular formula is C24H27N3O5. The highest BCUT2D eigenvalue weighted by molar-refractivity contribution is 6.08. The number of aromatic nitrogens is 2. The number of phenols is 2. The summed E-state index contributed by atoms with van der Waals surface area (Å²) in [6.07, 6.45) is 2.73. The number of fused-ring (bicyclic) bond motifs is 3. The molecule has 2 N–H and O–H groups in total. The minimum absolute atomic E-state index is 0.142. The van der Waals surface area contributed by atoms with Gasteiger partial charge in [0, 0.05) is 6.54 Å². The number of amides is 1. The van der Waals surface area contributed by atoms with Gasteiger partial charge in [0.1, 0.15) is 0 Å². The predicted octanol–water partition coefficient (Wildman–Crippen LogP) is 3.75. The zero-order valence-electron chi connectivity index (χ0n) is 18.2. The van der Waals surface area contributed by atoms with Crippen molar-refractivity contribution < 1.29 is 24.5 Å². The first-order valence-corrected chi connectivity index (χ1v) is 10.9. The number of hydrogen-bond acceptors (Lipinski definition) is 6. The fraction of sp³-hybridized carbons (Fsp3) is 0.375. The lowest BCUT2D eigenvalue weighted by Crippen LogP contribution is -2.50. The smallest absolute Gasteiger partial charge is 0.321 e. The summed E-state index contributed by atoms with van der Waals surface area (Å²) in [4.78, 5) is 33.0. The number of phenolic OH excluding ortho intramolecular Hbond substituents is 2. The molecule has 3 aromatic rings. The Morgan fingerprint density at radius 3 is 2.59 bits per heavy atom. The van der Waals surface area contributed by atoms with E-state index >= 15 is 0 Å². The number of rotatable bonds is 7. The molecular weight excluding hydrogens is 410 g/mol. The number of esters is 1. The van der Waals surface area contributed by atoms with Crippen LogP contribution < -0.4 is 4.90 Å². The maximum absolute atomic E-state index is 13.7. The molecule has 8 heteroatoms. The minimum atomic E-state index is -1.15. The Kier molecular flexibility index (Phi) is 6.03. The molecule has 0 fully saturated rings. The van der Waals surface area contributed by atoms with E-state index in [1.165, 1.54) is 12.1 Å². The average molecular weight is 437 g/mol. The summed E-state index contributed by atoms with van der Waals surface area (Å²) in [5.41, 5.74) is 1.97. The Morgan fingerprint density at radius 1 is 1.09 bits per heavy atom. The van der Waals surface area contributed by atoms with Crippen molar-refractivity contribution in [2.75, 3.05) is 18.1 Å². The fourth-order valence-corrected chi connectivity index (χ4v) is 4.30. The highest BCUT2D eigenvalue weighted by Crippen LogP contribution is 2.42. The lowest BCUT2D eigenvalue weighted by molar-refractivity contribution is -0.153. The molecule has 1 amide bonds. The van der Waals surface area contributed by atoms with E-state index in [0.717, 1.165) is 24.8 Å². The number of imidazole rings is 1. The van der Waals surface area contributed by atoms with Gasteiger partial charge in [0.25, 0.3) is 0 Å². The molecule has 4 rings (SSSR count). The summed E-state index contributed by atoms with van der Waals surface area (Å²) in [5.74, 6) is -2.29. The second-order valence-corrected chi connectivity index (χ2v) is 7.89. The molecule has 2 atom stereocenters. The molecule has 1 aromatic heterocycles. The predicted molar refractivity (Wildman–Crippen MR) is 120 cm³/mol. The van der Waals surface area contributed by atoms with E-state index in [9.17, 15) is 19.8 Å². The van der Waals surface area contributed by atoms with Gasteiger partial charge in [-0.25, -0.2) is 4.98 Å². The van der Waals surface area contributed by atoms with Crippen LogP contribution in [0.5, 0.6) is 11.5 Å². The van der Waals surface area contributed by atoms with Crippen molar-refractivity contribution >= 4 is 28.9 Å². The van der Waals surface area contributed by atoms with Gasteiger partial charge in [0.2, 0.25) is 11.9 Å². The standard InChI is InChI=1S/C24H27N3O5/c1-3-5-8-13-26-22(30)20(23(31)32-4-2)21(15-11-12-18(28)19(29)14-15)27-17-10-7-6-9-16(17)25-24(26)27/h6-7,9-12,14,20-21,28-29H,3-5,8,13H2,1-2H3/t20-,21-/m1/s1. The molecule has 0 aliphatic carbocycles. The van der Waals surface area contributed by atoms with Gasteiger partial charge in [0.05, 0.1) is 23.7 Å². The van der Waals surface area contributed by atoms with Crippen molar-refractivity contribution in [1.29, 1.82) is 0 Å². The van der Waals surface area contributed by atoms with Gasteiger partial charge in [-0.1, -0.05) is 38.0 Å². The van der Waals surface area contributed by atoms with Crippen LogP contribution in [0.4, 0.5) is 5.95 Å². The zero-order chi connectivity index (χ0) is 22.8. The maximum atomic E-state index is 13.7. The lowest BCUT2D eigenvalue weighted by atomic mass is 9.89. The molecule has 0 saturated heterocycles. The van der Waals surface area contributed by atoms with Crippen LogP contribution in [0.25, 0.3) is 11.0 Å². The van der Waals surface area contributed by atoms with E-state index in [-0.39, 0.29) is 24.0 Å². The number of benzene rings is 2. The van der Waals surface area contributed by atoms with E-state index < -0.39 is 17.9 Å². The SMILES string of the molecule is CCCCCN1C(=O)[C@H](C(=O)OCC)[C@@H](c2ccc(O)c(O)c2)n2c1nc1ccccc12. The third-order valence-electron chi connectivity index (χ3n) is 5.81. The van der Waals surface area contributed by atoms with Crippen molar-refractivity contribution in [2.45, 2.75) is 39.2 Å². The van der Waals surface area contributed by atoms with Gasteiger partial charge in [0.15, 0.2) is 17.4 Å². The number of ether oxygens (including phenoxy) is 1. The topological polar surface area (TPSA) is 105 Å². The Hall–Kier alpha value is -3.55. The molecule has 0 radical (unpaired) electrons. The molecule has 0 unspecified atom stereocenters. The van der Waals surface area contributed by atoms with Crippen LogP contribution in [0.15, 0.2) is 42.5 Å². The molecule has 0 saturated carbocycles. The molecule has 32 heavy (non-hydrogen) atoms. The number of carbonyl (C=O) groups is 2. The summed E-state index contributed by atoms with van der Waals surface area (Å²) in [6.45, 7) is 4.37. The number of nitrogens with zero attached hydrogens (tertiary/aromatic N) is 3. The van der Waals surface area contributed by atoms with Crippen molar-refractivity contribution in [3.8, 4) is 11.5 Å². The number of aromatic hydroxyl groups is 2. The quantitative estimate of drug-likeness (QED) is 0.252. The van der Waals surface area contributed by atoms with Crippen LogP contribution in [0.1, 0.15) is 44.7 Å². The number of carbonyl (C=O) groups excluding carboxylic acids is 2. The highest BCUT2D eigenvalue weighted by atomic mass is 16.5. The first kappa shape index (κ1) is 21.7. The van der Waals surface area contributed by atoms with Crippen molar-refractivity contribution in [2.24, 2.45) is 5.92 Å². The number of hydrogen-bond donors (Lipinski definition) is 2. The summed E-state index contributed by atoms with van der Waals surface area (Å²) in [5, 5.41) is 20.0. The van der Waals surface area contributed by atoms with E-state index in [1.54, 1.807) is 17.9 Å². The van der Waals surface area contributed by atoms with Gasteiger partial charge < -0.3 is 19.5 Å². The van der Waals surface area contributed by atoms with Crippen molar-refractivity contribution in [1.82, 2.24) is 9.55 Å². The first-order valence-electron chi connectivity index (χ1n) is 10.9. The van der Waals surface area contributed by atoms with Gasteiger partial charge in [-0.15, -0.1) is 0 Å². The average Bonchev–Trinajstić information content (AvgIpc) is 3.16. The van der Waals surface area contributed by atoms with Crippen molar-refractivity contribution in [3.63, 3.8) is 0 Å². The molecule has 1 aliphatic rings. The second kappa shape index (κ2) is 8.90. The van der Waals surface area contributed by atoms with E-state index in [1.807, 2.05) is 28.8 Å². The van der Waals surface area contributed by atoms with Crippen LogP contribution in [-0.2, 0) is 14.3 Å². The third kappa shape index (κ3) is 3.66. The van der Waals surface area contributed by atoms with Crippen LogP contribution in [0, 0.1) is 5.92 Å². The zero-order valence-corrected chi connectivity index (χ0v) is 18.2. The Morgan fingerprint density at radius 2 is 1.88 bits per heavy atom. The molecule has 2 aromatic carbocycles. The fourth-order valence-electron chi connectivity index (χ4n) is 4.30. The minimum Gasteiger partial charge on any atom is -0.504 e. The summed E-state index contributed by atoms with van der Waals surface area (Å²) in [6, 6.07) is 11.0. The molecule has 1 aliphatic heterocycles. The van der Waals surface area contributed by atoms with Crippen LogP contribution in [-0.4, -0.2) is 44.8 Å². The monoisotopic (exact) mass is 437 g/mol. The number of anilines is 1. The Labute approximate surface area is 186 Å². The summed E-state index contributed by atoms with van der Waals surface area (Å²) >= 11 is 0. The maximum Gasteiger partial charge on any atom is 0.321 e. The van der Waals surface area contributed by atoms with E-state index in [4.69, 9.17) is 9.72 Å². The van der Waals surface area contributed by atoms with Crippen LogP contribution in [0.2, 0.25) is 0 Å². The number of para-hydroxylation sites is 2. The molecule has 0 spiro atoms. The van der Waals surface area contributed by atoms with Crippen LogP contribution in [0.3, 0.4) is 0 Å². The third-order valence-corrected chi connectivity index (χ3v) is 5.81. The normalized spacial score (nSPS) is 18.1. The second-order valence-electron chi connectivity index (χ2n) is 7.89. The lowest BCUT2D eigenvalue weighted by Gasteiger charge is -2.38. The van der Waals surface area contributed by atoms with Gasteiger partial charge >= 0.3 is 5.97 Å². The molecule has 168 valence electrons. The van der Waals surface area contributed by atoms with Crippen molar-refractivity contribution in [3.05, 3.63) is 48.0 Å². The number of unbranched alkanes of at least 4 members (excludes halogenated alkanes) is 2. The van der Waals surface area contributed by atoms with Gasteiger partial charge in [-0.3, -0.25) is 14.5 Å². The first-order chi connectivity index (χ1) is 15.5. The summed E-state index contributed by atoms with van der Waals surface area (Å²) < 4.78 is 7.17. The van der Waals surface area contributed by atoms with Gasteiger partial charge in [-0.05, 0) is 43.2 Å². The highest BCUT2D eigenvalue weighted by Gasteiger charge is 2.47. The van der Waals surface area contributed by atoms with E-state index in [2.05, 4.69) is 6.92 Å². The largest absolute Gasteiger partial charge is 0.504 e. The molecule has 8 nitrogen and oxygen atoms in total. The van der Waals surface area contributed by atoms with E-state index in [0.29, 0.717) is 23.6 Å².